The van der Waals surface area contributed by atoms with Crippen LogP contribution in [0.15, 0.2) is 22.7 Å². The molecule has 7 heteroatoms. The minimum Gasteiger partial charge on any atom is -0.383 e. The summed E-state index contributed by atoms with van der Waals surface area (Å²) in [4.78, 5) is 13.2. The Hall–Kier alpha value is -1.60. The molecule has 0 aliphatic carbocycles. The molecule has 0 fully saturated rings. The number of ether oxygens (including phenoxy) is 1. The van der Waals surface area contributed by atoms with Crippen LogP contribution in [-0.4, -0.2) is 32.3 Å². The van der Waals surface area contributed by atoms with Crippen LogP contribution in [0, 0.1) is 12.3 Å². The molecule has 0 saturated carbocycles. The standard InChI is InChI=1S/C12H17BrN4O2/c1-8-4-3-5-9(13)10(8)17(11(14)15)12(18)16-6-7-19-2/h3-5H,6-7H2,1-2H3,(H3,14,15)(H,16,18). The van der Waals surface area contributed by atoms with E-state index in [1.807, 2.05) is 19.1 Å². The Morgan fingerprint density at radius 1 is 1.58 bits per heavy atom. The van der Waals surface area contributed by atoms with E-state index in [0.29, 0.717) is 23.3 Å². The van der Waals surface area contributed by atoms with Crippen molar-refractivity contribution in [2.75, 3.05) is 25.2 Å². The van der Waals surface area contributed by atoms with Crippen molar-refractivity contribution in [3.8, 4) is 0 Å². The van der Waals surface area contributed by atoms with Gasteiger partial charge in [-0.2, -0.15) is 0 Å². The minimum atomic E-state index is -0.459. The van der Waals surface area contributed by atoms with Gasteiger partial charge in [0.1, 0.15) is 0 Å². The number of halogens is 1. The van der Waals surface area contributed by atoms with Crippen molar-refractivity contribution in [3.63, 3.8) is 0 Å². The van der Waals surface area contributed by atoms with Crippen molar-refractivity contribution in [2.24, 2.45) is 5.73 Å². The van der Waals surface area contributed by atoms with Gasteiger partial charge in [-0.1, -0.05) is 12.1 Å². The first-order valence-electron chi connectivity index (χ1n) is 5.65. The van der Waals surface area contributed by atoms with Crippen LogP contribution in [0.3, 0.4) is 0 Å². The van der Waals surface area contributed by atoms with Crippen molar-refractivity contribution in [1.82, 2.24) is 5.32 Å². The van der Waals surface area contributed by atoms with Gasteiger partial charge in [0.25, 0.3) is 0 Å². The monoisotopic (exact) mass is 328 g/mol. The quantitative estimate of drug-likeness (QED) is 0.447. The number of carbonyl (C=O) groups is 1. The highest BCUT2D eigenvalue weighted by atomic mass is 79.9. The van der Waals surface area contributed by atoms with E-state index in [1.54, 1.807) is 13.2 Å². The van der Waals surface area contributed by atoms with Crippen LogP contribution in [-0.2, 0) is 4.74 Å². The van der Waals surface area contributed by atoms with E-state index in [-0.39, 0.29) is 5.96 Å². The lowest BCUT2D eigenvalue weighted by Gasteiger charge is -2.24. The molecule has 0 unspecified atom stereocenters. The van der Waals surface area contributed by atoms with Crippen molar-refractivity contribution in [3.05, 3.63) is 28.2 Å². The van der Waals surface area contributed by atoms with Crippen LogP contribution in [0.4, 0.5) is 10.5 Å². The van der Waals surface area contributed by atoms with Gasteiger partial charge in [0.2, 0.25) is 5.96 Å². The Morgan fingerprint density at radius 2 is 2.26 bits per heavy atom. The number of methoxy groups -OCH3 is 1. The topological polar surface area (TPSA) is 91.4 Å². The molecule has 2 amide bonds. The number of aryl methyl sites for hydroxylation is 1. The number of nitrogens with one attached hydrogen (secondary N) is 2. The van der Waals surface area contributed by atoms with E-state index in [4.69, 9.17) is 15.9 Å². The van der Waals surface area contributed by atoms with Gasteiger partial charge >= 0.3 is 6.03 Å². The zero-order chi connectivity index (χ0) is 14.4. The van der Waals surface area contributed by atoms with Crippen LogP contribution in [0.25, 0.3) is 0 Å². The number of hydrogen-bond acceptors (Lipinski definition) is 3. The second-order valence-corrected chi connectivity index (χ2v) is 4.71. The van der Waals surface area contributed by atoms with Crippen LogP contribution < -0.4 is 16.0 Å². The summed E-state index contributed by atoms with van der Waals surface area (Å²) in [5.41, 5.74) is 6.91. The van der Waals surface area contributed by atoms with Crippen molar-refractivity contribution in [2.45, 2.75) is 6.92 Å². The third kappa shape index (κ3) is 3.93. The van der Waals surface area contributed by atoms with Crippen LogP contribution in [0.5, 0.6) is 0 Å². The van der Waals surface area contributed by atoms with Crippen molar-refractivity contribution >= 4 is 33.6 Å². The molecule has 1 rings (SSSR count). The normalized spacial score (nSPS) is 10.1. The second kappa shape index (κ2) is 7.10. The van der Waals surface area contributed by atoms with E-state index < -0.39 is 6.03 Å². The number of benzene rings is 1. The van der Waals surface area contributed by atoms with Crippen LogP contribution in [0.2, 0.25) is 0 Å². The fraction of sp³-hybridized carbons (Fsp3) is 0.333. The number of urea groups is 1. The first-order chi connectivity index (χ1) is 8.99. The molecule has 0 spiro atoms. The third-order valence-electron chi connectivity index (χ3n) is 2.44. The molecule has 0 aromatic heterocycles. The van der Waals surface area contributed by atoms with Gasteiger partial charge in [-0.15, -0.1) is 0 Å². The number of anilines is 1. The van der Waals surface area contributed by atoms with E-state index in [0.717, 1.165) is 10.5 Å². The lowest BCUT2D eigenvalue weighted by atomic mass is 10.2. The zero-order valence-electron chi connectivity index (χ0n) is 10.9. The molecule has 19 heavy (non-hydrogen) atoms. The number of guanidine groups is 1. The Labute approximate surface area is 120 Å². The molecule has 0 bridgehead atoms. The Bertz CT molecular complexity index is 459. The van der Waals surface area contributed by atoms with E-state index in [1.165, 1.54) is 0 Å². The summed E-state index contributed by atoms with van der Waals surface area (Å²) in [6.45, 7) is 2.59. The largest absolute Gasteiger partial charge is 0.383 e. The predicted molar refractivity (Wildman–Crippen MR) is 78.5 cm³/mol. The van der Waals surface area contributed by atoms with Gasteiger partial charge in [0.15, 0.2) is 0 Å². The lowest BCUT2D eigenvalue weighted by molar-refractivity contribution is 0.197. The van der Waals surface area contributed by atoms with Gasteiger partial charge in [-0.25, -0.2) is 9.69 Å². The van der Waals surface area contributed by atoms with Crippen LogP contribution >= 0.6 is 15.9 Å². The molecule has 0 saturated heterocycles. The van der Waals surface area contributed by atoms with Gasteiger partial charge < -0.3 is 15.8 Å². The number of hydrogen-bond donors (Lipinski definition) is 3. The average molecular weight is 329 g/mol. The third-order valence-corrected chi connectivity index (χ3v) is 3.08. The predicted octanol–water partition coefficient (Wildman–Crippen LogP) is 1.81. The molecule has 104 valence electrons. The molecular formula is C12H17BrN4O2. The summed E-state index contributed by atoms with van der Waals surface area (Å²) >= 11 is 3.37. The van der Waals surface area contributed by atoms with E-state index in [9.17, 15) is 4.79 Å². The molecule has 0 radical (unpaired) electrons. The summed E-state index contributed by atoms with van der Waals surface area (Å²) < 4.78 is 5.56. The molecule has 0 atom stereocenters. The number of amides is 2. The molecule has 0 aliphatic heterocycles. The smallest absolute Gasteiger partial charge is 0.328 e. The SMILES string of the molecule is COCCNC(=O)N(C(=N)N)c1c(C)cccc1Br. The molecular weight excluding hydrogens is 312 g/mol. The molecule has 1 aromatic rings. The minimum absolute atomic E-state index is 0.343. The second-order valence-electron chi connectivity index (χ2n) is 3.85. The molecule has 1 aromatic carbocycles. The highest BCUT2D eigenvalue weighted by molar-refractivity contribution is 9.10. The summed E-state index contributed by atoms with van der Waals surface area (Å²) in [5, 5.41) is 10.2. The highest BCUT2D eigenvalue weighted by Crippen LogP contribution is 2.29. The van der Waals surface area contributed by atoms with Gasteiger partial charge in [0, 0.05) is 18.1 Å². The van der Waals surface area contributed by atoms with Crippen molar-refractivity contribution < 1.29 is 9.53 Å². The Kier molecular flexibility index (Phi) is 5.78. The Balaban J connectivity index is 3.01. The maximum Gasteiger partial charge on any atom is 0.328 e. The maximum absolute atomic E-state index is 12.1. The molecule has 6 nitrogen and oxygen atoms in total. The van der Waals surface area contributed by atoms with Crippen LogP contribution in [0.1, 0.15) is 5.56 Å². The first kappa shape index (κ1) is 15.5. The average Bonchev–Trinajstić information content (AvgIpc) is 2.33. The number of carbonyl (C=O) groups excluding carboxylic acids is 1. The van der Waals surface area contributed by atoms with E-state index in [2.05, 4.69) is 21.2 Å². The summed E-state index contributed by atoms with van der Waals surface area (Å²) in [7, 11) is 1.55. The fourth-order valence-corrected chi connectivity index (χ4v) is 2.22. The first-order valence-corrected chi connectivity index (χ1v) is 6.44. The number of rotatable bonds is 4. The van der Waals surface area contributed by atoms with Gasteiger partial charge in [-0.05, 0) is 34.5 Å². The number of nitrogens with zero attached hydrogens (tertiary/aromatic N) is 1. The summed E-state index contributed by atoms with van der Waals surface area (Å²) in [6.07, 6.45) is 0. The van der Waals surface area contributed by atoms with E-state index >= 15 is 0 Å². The molecule has 4 N–H and O–H groups in total. The summed E-state index contributed by atoms with van der Waals surface area (Å²) in [6, 6.07) is 5.03. The molecule has 0 aliphatic rings. The van der Waals surface area contributed by atoms with Crippen molar-refractivity contribution in [1.29, 1.82) is 5.41 Å². The lowest BCUT2D eigenvalue weighted by Crippen LogP contribution is -2.48. The number of para-hydroxylation sites is 1. The molecule has 0 heterocycles. The highest BCUT2D eigenvalue weighted by Gasteiger charge is 2.22. The Morgan fingerprint density at radius 3 is 2.79 bits per heavy atom. The van der Waals surface area contributed by atoms with Gasteiger partial charge in [-0.3, -0.25) is 5.41 Å². The number of nitrogens with two attached hydrogens (primary N) is 1. The fourth-order valence-electron chi connectivity index (χ4n) is 1.58. The maximum atomic E-state index is 12.1. The van der Waals surface area contributed by atoms with Gasteiger partial charge in [0.05, 0.1) is 12.3 Å². The summed E-state index contributed by atoms with van der Waals surface area (Å²) in [5.74, 6) is -0.343. The zero-order valence-corrected chi connectivity index (χ0v) is 12.5.